The van der Waals surface area contributed by atoms with Gasteiger partial charge in [-0.25, -0.2) is 4.85 Å². The number of rotatable bonds is 3. The number of hydrogen-bond donors (Lipinski definition) is 0. The maximum absolute atomic E-state index is 11.7. The minimum absolute atomic E-state index is 0.0266. The average molecular weight is 210 g/mol. The third-order valence-corrected chi connectivity index (χ3v) is 2.00. The maximum Gasteiger partial charge on any atom is 0.283 e. The average Bonchev–Trinajstić information content (AvgIpc) is 2.31. The van der Waals surface area contributed by atoms with Gasteiger partial charge in [0.1, 0.15) is 0 Å². The fourth-order valence-electron chi connectivity index (χ4n) is 1.22. The molecule has 15 heavy (non-hydrogen) atoms. The van der Waals surface area contributed by atoms with Gasteiger partial charge in [-0.1, -0.05) is 0 Å². The fraction of sp³-hybridized carbons (Fsp3) is 0.600. The van der Waals surface area contributed by atoms with E-state index < -0.39 is 0 Å². The van der Waals surface area contributed by atoms with Crippen LogP contribution in [0.4, 0.5) is 0 Å². The van der Waals surface area contributed by atoms with Crippen molar-refractivity contribution in [3.8, 4) is 0 Å². The Kier molecular flexibility index (Phi) is 4.64. The van der Waals surface area contributed by atoms with Crippen LogP contribution in [0, 0.1) is 6.57 Å². The molecule has 0 aromatic heterocycles. The Bertz CT molecular complexity index is 288. The zero-order valence-corrected chi connectivity index (χ0v) is 8.73. The quantitative estimate of drug-likeness (QED) is 0.390. The summed E-state index contributed by atoms with van der Waals surface area (Å²) in [6.07, 6.45) is 1.23. The van der Waals surface area contributed by atoms with Gasteiger partial charge in [0.2, 0.25) is 0 Å². The molecule has 0 saturated carbocycles. The summed E-state index contributed by atoms with van der Waals surface area (Å²) < 4.78 is 10.1. The molecule has 1 amide bonds. The minimum Gasteiger partial charge on any atom is -0.512 e. The Balaban J connectivity index is 2.60. The number of morpholine rings is 1. The van der Waals surface area contributed by atoms with Gasteiger partial charge in [0.25, 0.3) is 11.6 Å². The van der Waals surface area contributed by atoms with Crippen LogP contribution in [0.3, 0.4) is 0 Å². The second-order valence-electron chi connectivity index (χ2n) is 2.97. The molecule has 1 aliphatic rings. The summed E-state index contributed by atoms with van der Waals surface area (Å²) in [5.41, 5.74) is 0.0266. The topological polar surface area (TPSA) is 43.1 Å². The van der Waals surface area contributed by atoms with E-state index in [9.17, 15) is 4.79 Å². The molecule has 0 bridgehead atoms. The molecule has 1 saturated heterocycles. The van der Waals surface area contributed by atoms with Gasteiger partial charge in [-0.2, -0.15) is 0 Å². The first kappa shape index (κ1) is 11.5. The Morgan fingerprint density at radius 1 is 1.60 bits per heavy atom. The maximum atomic E-state index is 11.7. The predicted molar refractivity (Wildman–Crippen MR) is 53.7 cm³/mol. The number of carbonyl (C=O) groups excluding carboxylic acids is 1. The lowest BCUT2D eigenvalue weighted by Gasteiger charge is -2.26. The number of amides is 1. The Hall–Kier alpha value is -1.54. The van der Waals surface area contributed by atoms with Crippen molar-refractivity contribution in [2.75, 3.05) is 32.9 Å². The van der Waals surface area contributed by atoms with E-state index in [1.165, 1.54) is 6.26 Å². The highest BCUT2D eigenvalue weighted by atomic mass is 16.5. The second kappa shape index (κ2) is 6.04. The summed E-state index contributed by atoms with van der Waals surface area (Å²) in [6.45, 7) is 11.3. The van der Waals surface area contributed by atoms with Crippen molar-refractivity contribution >= 4 is 5.91 Å². The molecule has 1 heterocycles. The van der Waals surface area contributed by atoms with Gasteiger partial charge in [0, 0.05) is 13.1 Å². The van der Waals surface area contributed by atoms with Crippen LogP contribution in [-0.4, -0.2) is 43.7 Å². The Labute approximate surface area is 89.1 Å². The van der Waals surface area contributed by atoms with Crippen LogP contribution in [0.15, 0.2) is 12.0 Å². The normalized spacial score (nSPS) is 17.1. The lowest BCUT2D eigenvalue weighted by molar-refractivity contribution is -0.130. The van der Waals surface area contributed by atoms with Gasteiger partial charge < -0.3 is 14.4 Å². The number of nitrogens with zero attached hydrogens (tertiary/aromatic N) is 2. The van der Waals surface area contributed by atoms with E-state index in [-0.39, 0.29) is 11.6 Å². The molecule has 5 nitrogen and oxygen atoms in total. The van der Waals surface area contributed by atoms with Crippen LogP contribution in [0.25, 0.3) is 4.85 Å². The van der Waals surface area contributed by atoms with Crippen LogP contribution >= 0.6 is 0 Å². The van der Waals surface area contributed by atoms with E-state index in [4.69, 9.17) is 16.0 Å². The van der Waals surface area contributed by atoms with E-state index in [1.807, 2.05) is 0 Å². The molecule has 0 N–H and O–H groups in total. The van der Waals surface area contributed by atoms with Crippen molar-refractivity contribution in [1.82, 2.24) is 4.90 Å². The van der Waals surface area contributed by atoms with E-state index in [0.29, 0.717) is 32.9 Å². The minimum atomic E-state index is -0.276. The number of carbonyl (C=O) groups is 1. The van der Waals surface area contributed by atoms with Crippen LogP contribution < -0.4 is 0 Å². The molecular formula is C10H14N2O3. The van der Waals surface area contributed by atoms with Gasteiger partial charge in [0.15, 0.2) is 0 Å². The molecule has 1 aliphatic heterocycles. The van der Waals surface area contributed by atoms with Gasteiger partial charge in [0.05, 0.1) is 32.7 Å². The van der Waals surface area contributed by atoms with E-state index in [0.717, 1.165) is 0 Å². The first-order valence-corrected chi connectivity index (χ1v) is 4.85. The molecule has 0 unspecified atom stereocenters. The summed E-state index contributed by atoms with van der Waals surface area (Å²) >= 11 is 0. The van der Waals surface area contributed by atoms with Crippen LogP contribution in [0.2, 0.25) is 0 Å². The first-order chi connectivity index (χ1) is 7.29. The highest BCUT2D eigenvalue weighted by molar-refractivity contribution is 5.94. The van der Waals surface area contributed by atoms with Crippen molar-refractivity contribution in [3.63, 3.8) is 0 Å². The highest BCUT2D eigenvalue weighted by Crippen LogP contribution is 2.06. The summed E-state index contributed by atoms with van der Waals surface area (Å²) in [7, 11) is 0. The lowest BCUT2D eigenvalue weighted by Crippen LogP contribution is -2.41. The zero-order chi connectivity index (χ0) is 11.1. The van der Waals surface area contributed by atoms with Crippen molar-refractivity contribution in [3.05, 3.63) is 23.4 Å². The molecule has 0 atom stereocenters. The van der Waals surface area contributed by atoms with Gasteiger partial charge in [-0.3, -0.25) is 4.79 Å². The predicted octanol–water partition coefficient (Wildman–Crippen LogP) is 0.642. The van der Waals surface area contributed by atoms with Crippen LogP contribution in [0.5, 0.6) is 0 Å². The molecule has 0 spiro atoms. The second-order valence-corrected chi connectivity index (χ2v) is 2.97. The fourth-order valence-corrected chi connectivity index (χ4v) is 1.22. The van der Waals surface area contributed by atoms with Crippen molar-refractivity contribution < 1.29 is 14.3 Å². The molecule has 0 aromatic rings. The molecule has 5 heteroatoms. The van der Waals surface area contributed by atoms with Crippen molar-refractivity contribution in [2.24, 2.45) is 0 Å². The highest BCUT2D eigenvalue weighted by Gasteiger charge is 2.21. The monoisotopic (exact) mass is 210 g/mol. The molecule has 0 aromatic carbocycles. The van der Waals surface area contributed by atoms with Crippen LogP contribution in [-0.2, 0) is 14.3 Å². The Morgan fingerprint density at radius 3 is 2.80 bits per heavy atom. The van der Waals surface area contributed by atoms with Crippen LogP contribution in [0.1, 0.15) is 6.92 Å². The van der Waals surface area contributed by atoms with Crippen molar-refractivity contribution in [2.45, 2.75) is 6.92 Å². The first-order valence-electron chi connectivity index (χ1n) is 4.85. The molecule has 1 rings (SSSR count). The molecule has 0 aliphatic carbocycles. The third-order valence-electron chi connectivity index (χ3n) is 2.00. The summed E-state index contributed by atoms with van der Waals surface area (Å²) in [5, 5.41) is 0. The largest absolute Gasteiger partial charge is 0.512 e. The summed E-state index contributed by atoms with van der Waals surface area (Å²) in [6, 6.07) is 0. The lowest BCUT2D eigenvalue weighted by atomic mass is 10.3. The third kappa shape index (κ3) is 3.26. The molecule has 82 valence electrons. The van der Waals surface area contributed by atoms with E-state index in [1.54, 1.807) is 11.8 Å². The van der Waals surface area contributed by atoms with Gasteiger partial charge in [-0.15, -0.1) is 0 Å². The van der Waals surface area contributed by atoms with Crippen molar-refractivity contribution in [1.29, 1.82) is 0 Å². The summed E-state index contributed by atoms with van der Waals surface area (Å²) in [5.74, 6) is -0.276. The van der Waals surface area contributed by atoms with E-state index >= 15 is 0 Å². The standard InChI is InChI=1S/C10H14N2O3/c1-3-14-8-9(11-2)10(13)12-4-6-15-7-5-12/h8H,3-7H2,1H3/b9-8+. The van der Waals surface area contributed by atoms with Gasteiger partial charge in [-0.05, 0) is 6.92 Å². The molecule has 0 radical (unpaired) electrons. The number of hydrogen-bond acceptors (Lipinski definition) is 3. The number of ether oxygens (including phenoxy) is 2. The smallest absolute Gasteiger partial charge is 0.283 e. The molecular weight excluding hydrogens is 196 g/mol. The molecule has 1 fully saturated rings. The zero-order valence-electron chi connectivity index (χ0n) is 8.73. The van der Waals surface area contributed by atoms with E-state index in [2.05, 4.69) is 4.85 Å². The summed E-state index contributed by atoms with van der Waals surface area (Å²) in [4.78, 5) is 16.5. The van der Waals surface area contributed by atoms with Gasteiger partial charge >= 0.3 is 0 Å². The Morgan fingerprint density at radius 2 is 2.27 bits per heavy atom. The SMILES string of the molecule is [C-]#[N+]/C(=C/OCC)C(=O)N1CCOCC1.